The summed E-state index contributed by atoms with van der Waals surface area (Å²) >= 11 is 0. The van der Waals surface area contributed by atoms with Gasteiger partial charge in [-0.1, -0.05) is 12.8 Å². The average molecular weight is 250 g/mol. The quantitative estimate of drug-likeness (QED) is 0.863. The maximum atomic E-state index is 12.0. The summed E-state index contributed by atoms with van der Waals surface area (Å²) in [7, 11) is 0. The van der Waals surface area contributed by atoms with Crippen molar-refractivity contribution in [1.29, 1.82) is 0 Å². The first kappa shape index (κ1) is 13.1. The van der Waals surface area contributed by atoms with E-state index in [4.69, 9.17) is 10.2 Å². The SMILES string of the molecule is Cc1cc(C(=O)NCC2CCCCC2N)c(C)o1. The molecule has 1 aliphatic rings. The summed E-state index contributed by atoms with van der Waals surface area (Å²) in [5.74, 6) is 1.81. The van der Waals surface area contributed by atoms with Crippen LogP contribution in [0, 0.1) is 19.8 Å². The highest BCUT2D eigenvalue weighted by molar-refractivity contribution is 5.95. The number of aryl methyl sites for hydroxylation is 2. The number of nitrogens with two attached hydrogens (primary N) is 1. The van der Waals surface area contributed by atoms with Gasteiger partial charge in [0, 0.05) is 12.6 Å². The van der Waals surface area contributed by atoms with Gasteiger partial charge in [0.2, 0.25) is 0 Å². The van der Waals surface area contributed by atoms with Crippen LogP contribution in [0.4, 0.5) is 0 Å². The van der Waals surface area contributed by atoms with Crippen LogP contribution in [0.3, 0.4) is 0 Å². The van der Waals surface area contributed by atoms with E-state index < -0.39 is 0 Å². The summed E-state index contributed by atoms with van der Waals surface area (Å²) in [5.41, 5.74) is 6.70. The maximum Gasteiger partial charge on any atom is 0.254 e. The van der Waals surface area contributed by atoms with Crippen molar-refractivity contribution in [2.75, 3.05) is 6.54 Å². The number of carbonyl (C=O) groups is 1. The molecule has 1 fully saturated rings. The zero-order valence-electron chi connectivity index (χ0n) is 11.2. The first-order valence-corrected chi connectivity index (χ1v) is 6.68. The first-order chi connectivity index (χ1) is 8.58. The second-order valence-electron chi connectivity index (χ2n) is 5.25. The molecule has 1 saturated carbocycles. The molecule has 0 saturated heterocycles. The smallest absolute Gasteiger partial charge is 0.254 e. The minimum atomic E-state index is -0.0536. The molecule has 100 valence electrons. The van der Waals surface area contributed by atoms with Crippen molar-refractivity contribution >= 4 is 5.91 Å². The molecule has 3 N–H and O–H groups in total. The second-order valence-corrected chi connectivity index (χ2v) is 5.25. The summed E-state index contributed by atoms with van der Waals surface area (Å²) in [6.07, 6.45) is 4.62. The van der Waals surface area contributed by atoms with Crippen molar-refractivity contribution in [3.63, 3.8) is 0 Å². The number of rotatable bonds is 3. The predicted molar refractivity (Wildman–Crippen MR) is 70.4 cm³/mol. The van der Waals surface area contributed by atoms with Crippen LogP contribution in [0.1, 0.15) is 47.6 Å². The fraction of sp³-hybridized carbons (Fsp3) is 0.643. The molecule has 0 radical (unpaired) electrons. The molecule has 0 bridgehead atoms. The van der Waals surface area contributed by atoms with Gasteiger partial charge >= 0.3 is 0 Å². The van der Waals surface area contributed by atoms with Crippen molar-refractivity contribution in [2.45, 2.75) is 45.6 Å². The molecule has 1 amide bonds. The third-order valence-electron chi connectivity index (χ3n) is 3.78. The van der Waals surface area contributed by atoms with E-state index in [1.165, 1.54) is 12.8 Å². The van der Waals surface area contributed by atoms with Gasteiger partial charge < -0.3 is 15.5 Å². The van der Waals surface area contributed by atoms with Crippen molar-refractivity contribution in [3.8, 4) is 0 Å². The lowest BCUT2D eigenvalue weighted by atomic mass is 9.85. The van der Waals surface area contributed by atoms with Crippen LogP contribution in [0.5, 0.6) is 0 Å². The minimum absolute atomic E-state index is 0.0536. The topological polar surface area (TPSA) is 68.3 Å². The molecular weight excluding hydrogens is 228 g/mol. The van der Waals surface area contributed by atoms with Gasteiger partial charge in [-0.15, -0.1) is 0 Å². The number of carbonyl (C=O) groups excluding carboxylic acids is 1. The van der Waals surface area contributed by atoms with Crippen LogP contribution in [-0.2, 0) is 0 Å². The summed E-state index contributed by atoms with van der Waals surface area (Å²) in [6, 6.07) is 2.01. The van der Waals surface area contributed by atoms with Crippen molar-refractivity contribution in [1.82, 2.24) is 5.32 Å². The van der Waals surface area contributed by atoms with Gasteiger partial charge in [0.05, 0.1) is 5.56 Å². The minimum Gasteiger partial charge on any atom is -0.466 e. The normalized spacial score (nSPS) is 23.9. The monoisotopic (exact) mass is 250 g/mol. The highest BCUT2D eigenvalue weighted by atomic mass is 16.3. The third-order valence-corrected chi connectivity index (χ3v) is 3.78. The Balaban J connectivity index is 1.90. The summed E-state index contributed by atoms with van der Waals surface area (Å²) < 4.78 is 5.36. The molecule has 0 aromatic carbocycles. The Morgan fingerprint density at radius 3 is 2.78 bits per heavy atom. The molecule has 2 atom stereocenters. The highest BCUT2D eigenvalue weighted by Crippen LogP contribution is 2.22. The van der Waals surface area contributed by atoms with Crippen LogP contribution < -0.4 is 11.1 Å². The van der Waals surface area contributed by atoms with E-state index in [1.54, 1.807) is 6.07 Å². The van der Waals surface area contributed by atoms with Crippen molar-refractivity contribution in [2.24, 2.45) is 11.7 Å². The van der Waals surface area contributed by atoms with Gasteiger partial charge in [0.15, 0.2) is 0 Å². The van der Waals surface area contributed by atoms with Crippen LogP contribution in [0.15, 0.2) is 10.5 Å². The van der Waals surface area contributed by atoms with Gasteiger partial charge in [-0.25, -0.2) is 0 Å². The lowest BCUT2D eigenvalue weighted by molar-refractivity contribution is 0.0940. The number of nitrogens with one attached hydrogen (secondary N) is 1. The number of hydrogen-bond donors (Lipinski definition) is 2. The van der Waals surface area contributed by atoms with E-state index >= 15 is 0 Å². The number of hydrogen-bond acceptors (Lipinski definition) is 3. The van der Waals surface area contributed by atoms with Crippen LogP contribution in [0.2, 0.25) is 0 Å². The van der Waals surface area contributed by atoms with Crippen molar-refractivity contribution < 1.29 is 9.21 Å². The van der Waals surface area contributed by atoms with Gasteiger partial charge in [-0.2, -0.15) is 0 Å². The fourth-order valence-corrected chi connectivity index (χ4v) is 2.67. The number of furan rings is 1. The van der Waals surface area contributed by atoms with Gasteiger partial charge in [-0.05, 0) is 38.7 Å². The molecule has 1 aromatic heterocycles. The Morgan fingerprint density at radius 2 is 2.17 bits per heavy atom. The molecule has 0 aliphatic heterocycles. The van der Waals surface area contributed by atoms with Crippen LogP contribution in [0.25, 0.3) is 0 Å². The fourth-order valence-electron chi connectivity index (χ4n) is 2.67. The molecule has 4 nitrogen and oxygen atoms in total. The maximum absolute atomic E-state index is 12.0. The molecule has 2 rings (SSSR count). The van der Waals surface area contributed by atoms with Crippen LogP contribution >= 0.6 is 0 Å². The summed E-state index contributed by atoms with van der Waals surface area (Å²) in [5, 5.41) is 2.97. The van der Waals surface area contributed by atoms with E-state index in [2.05, 4.69) is 5.32 Å². The van der Waals surface area contributed by atoms with Gasteiger partial charge in [0.1, 0.15) is 11.5 Å². The van der Waals surface area contributed by atoms with E-state index in [-0.39, 0.29) is 11.9 Å². The third kappa shape index (κ3) is 2.93. The Labute approximate surface area is 108 Å². The summed E-state index contributed by atoms with van der Waals surface area (Å²) in [4.78, 5) is 12.0. The Kier molecular flexibility index (Phi) is 4.07. The summed E-state index contributed by atoms with van der Waals surface area (Å²) in [6.45, 7) is 4.33. The first-order valence-electron chi connectivity index (χ1n) is 6.68. The van der Waals surface area contributed by atoms with E-state index in [9.17, 15) is 4.79 Å². The average Bonchev–Trinajstić information content (AvgIpc) is 2.67. The zero-order chi connectivity index (χ0) is 13.1. The van der Waals surface area contributed by atoms with E-state index in [1.807, 2.05) is 13.8 Å². The second kappa shape index (κ2) is 5.57. The lowest BCUT2D eigenvalue weighted by Gasteiger charge is -2.28. The Bertz CT molecular complexity index is 425. The molecule has 18 heavy (non-hydrogen) atoms. The van der Waals surface area contributed by atoms with Gasteiger partial charge in [0.25, 0.3) is 5.91 Å². The lowest BCUT2D eigenvalue weighted by Crippen LogP contribution is -2.41. The van der Waals surface area contributed by atoms with E-state index in [0.717, 1.165) is 18.6 Å². The molecular formula is C14H22N2O2. The van der Waals surface area contributed by atoms with Crippen molar-refractivity contribution in [3.05, 3.63) is 23.2 Å². The molecule has 1 aliphatic carbocycles. The van der Waals surface area contributed by atoms with E-state index in [0.29, 0.717) is 23.8 Å². The molecule has 2 unspecified atom stereocenters. The zero-order valence-corrected chi connectivity index (χ0v) is 11.2. The van der Waals surface area contributed by atoms with Gasteiger partial charge in [-0.3, -0.25) is 4.79 Å². The number of amides is 1. The largest absolute Gasteiger partial charge is 0.466 e. The van der Waals surface area contributed by atoms with Crippen LogP contribution in [-0.4, -0.2) is 18.5 Å². The highest BCUT2D eigenvalue weighted by Gasteiger charge is 2.23. The molecule has 1 heterocycles. The molecule has 0 spiro atoms. The Hall–Kier alpha value is -1.29. The predicted octanol–water partition coefficient (Wildman–Crippen LogP) is 2.14. The molecule has 4 heteroatoms. The standard InChI is InChI=1S/C14H22N2O2/c1-9-7-12(10(2)18-9)14(17)16-8-11-5-3-4-6-13(11)15/h7,11,13H,3-6,8,15H2,1-2H3,(H,16,17). The molecule has 1 aromatic rings. The Morgan fingerprint density at radius 1 is 1.44 bits per heavy atom.